The molecule has 26 heavy (non-hydrogen) atoms. The number of nitrogens with one attached hydrogen (secondary N) is 2. The number of carbonyl (C=O) groups is 1. The van der Waals surface area contributed by atoms with Crippen molar-refractivity contribution in [3.8, 4) is 0 Å². The standard InChI is InChI=1S/C18H18N4O3S/c1-11-10-26-18-20-13(7-15(23)22(11)18)9-25-17(24)14-8-19-21-16(14)12-5-3-2-4-6-12/h2-7,10,14,16,19,21H,8-9H2,1H3. The van der Waals surface area contributed by atoms with Crippen molar-refractivity contribution in [2.45, 2.75) is 19.6 Å². The SMILES string of the molecule is Cc1csc2nc(COC(=O)C3CNNC3c3ccccc3)cc(=O)n12. The Bertz CT molecular complexity index is 999. The van der Waals surface area contributed by atoms with Gasteiger partial charge in [0.1, 0.15) is 6.61 Å². The van der Waals surface area contributed by atoms with Crippen molar-refractivity contribution >= 4 is 22.3 Å². The maximum atomic E-state index is 12.5. The second-order valence-electron chi connectivity index (χ2n) is 6.21. The van der Waals surface area contributed by atoms with Crippen LogP contribution in [0.25, 0.3) is 4.96 Å². The molecular weight excluding hydrogens is 352 g/mol. The van der Waals surface area contributed by atoms with Crippen molar-refractivity contribution in [3.63, 3.8) is 0 Å². The van der Waals surface area contributed by atoms with Crippen LogP contribution in [0.15, 0.2) is 46.6 Å². The number of aryl methyl sites for hydroxylation is 1. The van der Waals surface area contributed by atoms with E-state index < -0.39 is 0 Å². The Morgan fingerprint density at radius 1 is 1.38 bits per heavy atom. The molecule has 2 unspecified atom stereocenters. The lowest BCUT2D eigenvalue weighted by Crippen LogP contribution is -2.27. The molecule has 1 saturated heterocycles. The van der Waals surface area contributed by atoms with Crippen LogP contribution in [-0.2, 0) is 16.1 Å². The molecule has 0 radical (unpaired) electrons. The van der Waals surface area contributed by atoms with Crippen molar-refractivity contribution in [1.29, 1.82) is 0 Å². The topological polar surface area (TPSA) is 84.7 Å². The summed E-state index contributed by atoms with van der Waals surface area (Å²) in [6.45, 7) is 2.33. The number of hydrogen-bond acceptors (Lipinski definition) is 7. The van der Waals surface area contributed by atoms with Crippen molar-refractivity contribution in [1.82, 2.24) is 20.2 Å². The quantitative estimate of drug-likeness (QED) is 0.678. The summed E-state index contributed by atoms with van der Waals surface area (Å²) in [4.78, 5) is 29.7. The number of benzene rings is 1. The van der Waals surface area contributed by atoms with Crippen LogP contribution in [0.2, 0.25) is 0 Å². The normalized spacial score (nSPS) is 19.7. The van der Waals surface area contributed by atoms with Crippen LogP contribution in [0.5, 0.6) is 0 Å². The Kier molecular flexibility index (Phi) is 4.54. The van der Waals surface area contributed by atoms with Crippen LogP contribution in [-0.4, -0.2) is 21.9 Å². The van der Waals surface area contributed by atoms with Gasteiger partial charge in [-0.2, -0.15) is 0 Å². The molecule has 3 aromatic rings. The molecule has 0 spiro atoms. The molecule has 1 aliphatic rings. The third-order valence-electron chi connectivity index (χ3n) is 4.43. The first-order valence-corrected chi connectivity index (χ1v) is 9.18. The van der Waals surface area contributed by atoms with E-state index in [-0.39, 0.29) is 30.1 Å². The minimum absolute atomic E-state index is 0.0144. The van der Waals surface area contributed by atoms with Gasteiger partial charge in [0.05, 0.1) is 17.7 Å². The fraction of sp³-hybridized carbons (Fsp3) is 0.278. The third-order valence-corrected chi connectivity index (χ3v) is 5.38. The third kappa shape index (κ3) is 3.14. The van der Waals surface area contributed by atoms with Crippen LogP contribution in [0.1, 0.15) is 23.0 Å². The summed E-state index contributed by atoms with van der Waals surface area (Å²) >= 11 is 1.39. The van der Waals surface area contributed by atoms with Gasteiger partial charge in [-0.15, -0.1) is 11.3 Å². The zero-order valence-electron chi connectivity index (χ0n) is 14.1. The summed E-state index contributed by atoms with van der Waals surface area (Å²) in [7, 11) is 0. The summed E-state index contributed by atoms with van der Waals surface area (Å²) in [5, 5.41) is 1.87. The van der Waals surface area contributed by atoms with Crippen LogP contribution >= 0.6 is 11.3 Å². The highest BCUT2D eigenvalue weighted by Gasteiger charge is 2.35. The number of hydrogen-bond donors (Lipinski definition) is 2. The fourth-order valence-electron chi connectivity index (χ4n) is 3.12. The number of hydrazine groups is 1. The predicted octanol–water partition coefficient (Wildman–Crippen LogP) is 1.57. The van der Waals surface area contributed by atoms with Crippen LogP contribution in [0, 0.1) is 12.8 Å². The molecule has 0 aliphatic carbocycles. The van der Waals surface area contributed by atoms with Gasteiger partial charge in [-0.05, 0) is 12.5 Å². The zero-order valence-corrected chi connectivity index (χ0v) is 15.0. The molecule has 1 aliphatic heterocycles. The van der Waals surface area contributed by atoms with E-state index in [2.05, 4.69) is 15.8 Å². The van der Waals surface area contributed by atoms with Crippen LogP contribution in [0.4, 0.5) is 0 Å². The van der Waals surface area contributed by atoms with Crippen molar-refractivity contribution in [2.24, 2.45) is 5.92 Å². The van der Waals surface area contributed by atoms with Gasteiger partial charge in [0.15, 0.2) is 4.96 Å². The summed E-state index contributed by atoms with van der Waals surface area (Å²) in [6, 6.07) is 11.0. The van der Waals surface area contributed by atoms with E-state index in [9.17, 15) is 9.59 Å². The molecule has 1 aromatic carbocycles. The van der Waals surface area contributed by atoms with E-state index >= 15 is 0 Å². The molecule has 2 N–H and O–H groups in total. The molecule has 1 fully saturated rings. The predicted molar refractivity (Wildman–Crippen MR) is 97.7 cm³/mol. The number of thiazole rings is 1. The van der Waals surface area contributed by atoms with Gasteiger partial charge in [-0.25, -0.2) is 10.4 Å². The highest BCUT2D eigenvalue weighted by molar-refractivity contribution is 7.15. The first kappa shape index (κ1) is 16.9. The van der Waals surface area contributed by atoms with E-state index in [4.69, 9.17) is 4.74 Å². The molecule has 0 amide bonds. The maximum absolute atomic E-state index is 12.5. The van der Waals surface area contributed by atoms with E-state index in [1.54, 1.807) is 4.40 Å². The lowest BCUT2D eigenvalue weighted by atomic mass is 9.95. The molecule has 2 atom stereocenters. The first-order valence-electron chi connectivity index (χ1n) is 8.30. The molecule has 7 nitrogen and oxygen atoms in total. The van der Waals surface area contributed by atoms with Gasteiger partial charge < -0.3 is 4.74 Å². The minimum Gasteiger partial charge on any atom is -0.459 e. The lowest BCUT2D eigenvalue weighted by Gasteiger charge is -2.17. The van der Waals surface area contributed by atoms with Gasteiger partial charge in [0, 0.05) is 23.7 Å². The van der Waals surface area contributed by atoms with E-state index in [1.807, 2.05) is 42.6 Å². The second kappa shape index (κ2) is 6.99. The van der Waals surface area contributed by atoms with E-state index in [1.165, 1.54) is 17.4 Å². The van der Waals surface area contributed by atoms with Crippen molar-refractivity contribution in [3.05, 3.63) is 69.1 Å². The fourth-order valence-corrected chi connectivity index (χ4v) is 4.01. The number of rotatable bonds is 4. The van der Waals surface area contributed by atoms with Crippen molar-refractivity contribution < 1.29 is 9.53 Å². The number of esters is 1. The van der Waals surface area contributed by atoms with Gasteiger partial charge in [0.25, 0.3) is 5.56 Å². The monoisotopic (exact) mass is 370 g/mol. The number of aromatic nitrogens is 2. The molecule has 4 rings (SSSR count). The Balaban J connectivity index is 1.48. The van der Waals surface area contributed by atoms with E-state index in [0.717, 1.165) is 11.3 Å². The Hall–Kier alpha value is -2.55. The maximum Gasteiger partial charge on any atom is 0.312 e. The van der Waals surface area contributed by atoms with Gasteiger partial charge >= 0.3 is 5.97 Å². The van der Waals surface area contributed by atoms with E-state index in [0.29, 0.717) is 17.2 Å². The first-order chi connectivity index (χ1) is 12.6. The molecule has 0 bridgehead atoms. The van der Waals surface area contributed by atoms with Crippen LogP contribution < -0.4 is 16.4 Å². The summed E-state index contributed by atoms with van der Waals surface area (Å²) < 4.78 is 7.00. The highest BCUT2D eigenvalue weighted by atomic mass is 32.1. The Labute approximate surface area is 153 Å². The summed E-state index contributed by atoms with van der Waals surface area (Å²) in [5.74, 6) is -0.660. The molecule has 3 heterocycles. The average molecular weight is 370 g/mol. The second-order valence-corrected chi connectivity index (χ2v) is 7.05. The molecule has 0 saturated carbocycles. The number of ether oxygens (including phenoxy) is 1. The van der Waals surface area contributed by atoms with Gasteiger partial charge in [-0.1, -0.05) is 30.3 Å². The zero-order chi connectivity index (χ0) is 18.1. The summed E-state index contributed by atoms with van der Waals surface area (Å²) in [5.41, 5.74) is 8.30. The Morgan fingerprint density at radius 3 is 3.00 bits per heavy atom. The molecule has 2 aromatic heterocycles. The number of nitrogens with zero attached hydrogens (tertiary/aromatic N) is 2. The number of carbonyl (C=O) groups excluding carboxylic acids is 1. The lowest BCUT2D eigenvalue weighted by molar-refractivity contribution is -0.149. The average Bonchev–Trinajstić information content (AvgIpc) is 3.28. The minimum atomic E-state index is -0.341. The largest absolute Gasteiger partial charge is 0.459 e. The molecule has 8 heteroatoms. The van der Waals surface area contributed by atoms with Crippen molar-refractivity contribution in [2.75, 3.05) is 6.54 Å². The molecular formula is C18H18N4O3S. The smallest absolute Gasteiger partial charge is 0.312 e. The Morgan fingerprint density at radius 2 is 2.19 bits per heavy atom. The highest BCUT2D eigenvalue weighted by Crippen LogP contribution is 2.26. The van der Waals surface area contributed by atoms with Crippen LogP contribution in [0.3, 0.4) is 0 Å². The van der Waals surface area contributed by atoms with Gasteiger partial charge in [0.2, 0.25) is 0 Å². The number of fused-ring (bicyclic) bond motifs is 1. The summed E-state index contributed by atoms with van der Waals surface area (Å²) in [6.07, 6.45) is 0. The van der Waals surface area contributed by atoms with Gasteiger partial charge in [-0.3, -0.25) is 19.4 Å². The molecule has 134 valence electrons.